The van der Waals surface area contributed by atoms with Crippen molar-refractivity contribution < 1.29 is 26.8 Å². The zero-order valence-electron chi connectivity index (χ0n) is 9.26. The summed E-state index contributed by atoms with van der Waals surface area (Å²) >= 11 is 0. The van der Waals surface area contributed by atoms with Crippen molar-refractivity contribution in [3.8, 4) is 5.75 Å². The molecule has 0 heterocycles. The summed E-state index contributed by atoms with van der Waals surface area (Å²) in [7, 11) is 1.49. The van der Waals surface area contributed by atoms with Gasteiger partial charge in [-0.25, -0.2) is 4.39 Å². The molecule has 0 aliphatic rings. The van der Waals surface area contributed by atoms with Crippen LogP contribution in [0.1, 0.15) is 6.42 Å². The minimum atomic E-state index is -5.14. The summed E-state index contributed by atoms with van der Waals surface area (Å²) in [5, 5.41) is 0. The molecule has 0 aromatic heterocycles. The van der Waals surface area contributed by atoms with Crippen molar-refractivity contribution in [1.82, 2.24) is 0 Å². The van der Waals surface area contributed by atoms with Gasteiger partial charge in [0.05, 0.1) is 6.61 Å². The highest BCUT2D eigenvalue weighted by molar-refractivity contribution is 6.73. The Morgan fingerprint density at radius 3 is 2.47 bits per heavy atom. The van der Waals surface area contributed by atoms with Gasteiger partial charge in [0.15, 0.2) is 11.6 Å². The SMILES string of the molecule is COCCCOc1cc([B-](F)(F)F)ccc1F. The van der Waals surface area contributed by atoms with Gasteiger partial charge in [0, 0.05) is 20.1 Å². The number of methoxy groups -OCH3 is 1. The standard InChI is InChI=1S/C10H12BF4O2/c1-16-5-2-6-17-10-7-8(11(13,14)15)3-4-9(10)12/h3-4,7H,2,5-6H2,1H3/q-1. The van der Waals surface area contributed by atoms with Crippen molar-refractivity contribution in [2.45, 2.75) is 6.42 Å². The first-order valence-corrected chi connectivity index (χ1v) is 5.06. The minimum Gasteiger partial charge on any atom is -0.491 e. The van der Waals surface area contributed by atoms with Crippen molar-refractivity contribution in [3.63, 3.8) is 0 Å². The quantitative estimate of drug-likeness (QED) is 0.438. The van der Waals surface area contributed by atoms with E-state index in [1.54, 1.807) is 0 Å². The van der Waals surface area contributed by atoms with E-state index in [0.29, 0.717) is 25.2 Å². The second kappa shape index (κ2) is 5.91. The van der Waals surface area contributed by atoms with E-state index in [-0.39, 0.29) is 12.4 Å². The van der Waals surface area contributed by atoms with E-state index in [0.717, 1.165) is 6.07 Å². The van der Waals surface area contributed by atoms with Crippen molar-refractivity contribution in [1.29, 1.82) is 0 Å². The van der Waals surface area contributed by atoms with Crippen LogP contribution in [0.15, 0.2) is 18.2 Å². The Balaban J connectivity index is 2.70. The lowest BCUT2D eigenvalue weighted by Crippen LogP contribution is -2.34. The first-order chi connectivity index (χ1) is 7.95. The molecule has 0 aliphatic heterocycles. The molecule has 96 valence electrons. The molecule has 2 nitrogen and oxygen atoms in total. The number of ether oxygens (including phenoxy) is 2. The summed E-state index contributed by atoms with van der Waals surface area (Å²) < 4.78 is 60.0. The van der Waals surface area contributed by atoms with E-state index in [4.69, 9.17) is 9.47 Å². The van der Waals surface area contributed by atoms with E-state index in [2.05, 4.69) is 0 Å². The van der Waals surface area contributed by atoms with E-state index >= 15 is 0 Å². The van der Waals surface area contributed by atoms with Gasteiger partial charge in [-0.15, -0.1) is 5.46 Å². The van der Waals surface area contributed by atoms with Crippen LogP contribution < -0.4 is 10.2 Å². The van der Waals surface area contributed by atoms with E-state index < -0.39 is 18.3 Å². The Labute approximate surface area is 96.6 Å². The Kier molecular flexibility index (Phi) is 4.80. The predicted octanol–water partition coefficient (Wildman–Crippen LogP) is 2.30. The largest absolute Gasteiger partial charge is 0.509 e. The van der Waals surface area contributed by atoms with Gasteiger partial charge in [0.1, 0.15) is 0 Å². The van der Waals surface area contributed by atoms with Crippen molar-refractivity contribution in [3.05, 3.63) is 24.0 Å². The van der Waals surface area contributed by atoms with Gasteiger partial charge in [0.25, 0.3) is 0 Å². The molecule has 0 saturated carbocycles. The highest BCUT2D eigenvalue weighted by atomic mass is 19.4. The lowest BCUT2D eigenvalue weighted by Gasteiger charge is -2.16. The van der Waals surface area contributed by atoms with E-state index in [9.17, 15) is 17.3 Å². The highest BCUT2D eigenvalue weighted by Crippen LogP contribution is 2.18. The zero-order valence-corrected chi connectivity index (χ0v) is 9.26. The molecule has 7 heteroatoms. The fourth-order valence-corrected chi connectivity index (χ4v) is 1.22. The summed E-state index contributed by atoms with van der Waals surface area (Å²) in [6.45, 7) is -4.62. The molecule has 0 spiro atoms. The van der Waals surface area contributed by atoms with Crippen molar-refractivity contribution in [2.75, 3.05) is 20.3 Å². The summed E-state index contributed by atoms with van der Waals surface area (Å²) in [5.41, 5.74) is -0.867. The van der Waals surface area contributed by atoms with Crippen LogP contribution in [0.3, 0.4) is 0 Å². The first-order valence-electron chi connectivity index (χ1n) is 5.06. The molecule has 1 rings (SSSR count). The number of hydrogen-bond acceptors (Lipinski definition) is 2. The Bertz CT molecular complexity index is 368. The van der Waals surface area contributed by atoms with Gasteiger partial charge >= 0.3 is 6.98 Å². The fourth-order valence-electron chi connectivity index (χ4n) is 1.22. The number of benzene rings is 1. The third-order valence-electron chi connectivity index (χ3n) is 2.08. The molecular weight excluding hydrogens is 239 g/mol. The van der Waals surface area contributed by atoms with Gasteiger partial charge in [0.2, 0.25) is 0 Å². The topological polar surface area (TPSA) is 18.5 Å². The molecule has 1 aromatic carbocycles. The number of rotatable bonds is 6. The predicted molar refractivity (Wildman–Crippen MR) is 57.1 cm³/mol. The third-order valence-corrected chi connectivity index (χ3v) is 2.08. The van der Waals surface area contributed by atoms with Gasteiger partial charge in [-0.1, -0.05) is 6.07 Å². The van der Waals surface area contributed by atoms with Gasteiger partial charge in [-0.3, -0.25) is 0 Å². The van der Waals surface area contributed by atoms with Crippen LogP contribution in [0.4, 0.5) is 17.3 Å². The summed E-state index contributed by atoms with van der Waals surface area (Å²) in [5.74, 6) is -1.18. The van der Waals surface area contributed by atoms with Crippen LogP contribution in [0, 0.1) is 5.82 Å². The van der Waals surface area contributed by atoms with Crippen molar-refractivity contribution in [2.24, 2.45) is 0 Å². The highest BCUT2D eigenvalue weighted by Gasteiger charge is 2.26. The fraction of sp³-hybridized carbons (Fsp3) is 0.400. The molecule has 0 atom stereocenters. The zero-order chi connectivity index (χ0) is 12.9. The molecule has 0 bridgehead atoms. The normalized spacial score (nSPS) is 11.6. The smallest absolute Gasteiger partial charge is 0.491 e. The molecule has 0 aliphatic carbocycles. The van der Waals surface area contributed by atoms with Crippen LogP contribution in [-0.4, -0.2) is 27.3 Å². The minimum absolute atomic E-state index is 0.110. The second-order valence-electron chi connectivity index (χ2n) is 3.46. The van der Waals surface area contributed by atoms with Crippen LogP contribution in [0.2, 0.25) is 0 Å². The second-order valence-corrected chi connectivity index (χ2v) is 3.46. The average molecular weight is 251 g/mol. The van der Waals surface area contributed by atoms with Gasteiger partial charge in [-0.05, 0) is 12.1 Å². The molecule has 17 heavy (non-hydrogen) atoms. The van der Waals surface area contributed by atoms with Gasteiger partial charge in [-0.2, -0.15) is 0 Å². The Morgan fingerprint density at radius 1 is 1.18 bits per heavy atom. The maximum absolute atomic E-state index is 13.2. The molecule has 1 aromatic rings. The molecule has 0 unspecified atom stereocenters. The summed E-state index contributed by atoms with van der Waals surface area (Å²) in [6.07, 6.45) is 0.483. The number of halogens is 4. The Morgan fingerprint density at radius 2 is 1.88 bits per heavy atom. The Hall–Kier alpha value is -1.24. The molecule has 0 saturated heterocycles. The maximum atomic E-state index is 13.2. The summed E-state index contributed by atoms with van der Waals surface area (Å²) in [4.78, 5) is 0. The summed E-state index contributed by atoms with van der Waals surface area (Å²) in [6, 6.07) is 2.15. The van der Waals surface area contributed by atoms with Crippen LogP contribution in [-0.2, 0) is 4.74 Å². The number of hydrogen-bond donors (Lipinski definition) is 0. The molecule has 0 fully saturated rings. The van der Waals surface area contributed by atoms with Crippen LogP contribution in [0.5, 0.6) is 5.75 Å². The van der Waals surface area contributed by atoms with Crippen molar-refractivity contribution >= 4 is 12.4 Å². The molecular formula is C10H12BF4O2-. The van der Waals surface area contributed by atoms with Gasteiger partial charge < -0.3 is 22.4 Å². The van der Waals surface area contributed by atoms with E-state index in [1.807, 2.05) is 0 Å². The molecule has 0 radical (unpaired) electrons. The maximum Gasteiger partial charge on any atom is 0.509 e. The molecule has 0 amide bonds. The lowest BCUT2D eigenvalue weighted by atomic mass is 9.80. The average Bonchev–Trinajstić information content (AvgIpc) is 2.25. The van der Waals surface area contributed by atoms with E-state index in [1.165, 1.54) is 7.11 Å². The monoisotopic (exact) mass is 251 g/mol. The first kappa shape index (κ1) is 13.8. The lowest BCUT2D eigenvalue weighted by molar-refractivity contribution is 0.170. The van der Waals surface area contributed by atoms with Crippen LogP contribution >= 0.6 is 0 Å². The van der Waals surface area contributed by atoms with Crippen LogP contribution in [0.25, 0.3) is 0 Å². The third kappa shape index (κ3) is 4.26. The molecule has 0 N–H and O–H groups in total.